The van der Waals surface area contributed by atoms with Gasteiger partial charge in [0.05, 0.1) is 7.11 Å². The fourth-order valence-electron chi connectivity index (χ4n) is 1.89. The SMILES string of the molecule is COc1ccc(CN2CCNCC2)c(Cl)c1. The van der Waals surface area contributed by atoms with Crippen molar-refractivity contribution >= 4 is 11.6 Å². The highest BCUT2D eigenvalue weighted by Gasteiger charge is 2.11. The summed E-state index contributed by atoms with van der Waals surface area (Å²) in [5, 5.41) is 4.13. The average molecular weight is 241 g/mol. The molecule has 88 valence electrons. The summed E-state index contributed by atoms with van der Waals surface area (Å²) in [6.45, 7) is 5.22. The van der Waals surface area contributed by atoms with Crippen LogP contribution in [-0.2, 0) is 6.54 Å². The summed E-state index contributed by atoms with van der Waals surface area (Å²) in [5.41, 5.74) is 1.17. The summed E-state index contributed by atoms with van der Waals surface area (Å²) in [5.74, 6) is 0.814. The molecule has 0 amide bonds. The van der Waals surface area contributed by atoms with Gasteiger partial charge in [-0.1, -0.05) is 17.7 Å². The van der Waals surface area contributed by atoms with Crippen molar-refractivity contribution in [1.82, 2.24) is 10.2 Å². The second kappa shape index (κ2) is 5.53. The molecule has 0 atom stereocenters. The maximum Gasteiger partial charge on any atom is 0.120 e. The van der Waals surface area contributed by atoms with Crippen LogP contribution in [-0.4, -0.2) is 38.2 Å². The van der Waals surface area contributed by atoms with Crippen LogP contribution in [0, 0.1) is 0 Å². The summed E-state index contributed by atoms with van der Waals surface area (Å²) in [6, 6.07) is 5.88. The molecule has 3 nitrogen and oxygen atoms in total. The molecule has 0 unspecified atom stereocenters. The van der Waals surface area contributed by atoms with Crippen molar-refractivity contribution in [2.75, 3.05) is 33.3 Å². The molecule has 1 fully saturated rings. The number of piperazine rings is 1. The number of rotatable bonds is 3. The highest BCUT2D eigenvalue weighted by molar-refractivity contribution is 6.31. The summed E-state index contributed by atoms with van der Waals surface area (Å²) in [4.78, 5) is 2.41. The molecule has 0 saturated carbocycles. The third-order valence-electron chi connectivity index (χ3n) is 2.86. The highest BCUT2D eigenvalue weighted by atomic mass is 35.5. The van der Waals surface area contributed by atoms with E-state index in [1.807, 2.05) is 18.2 Å². The molecule has 1 aliphatic heterocycles. The van der Waals surface area contributed by atoms with E-state index in [0.29, 0.717) is 0 Å². The number of methoxy groups -OCH3 is 1. The zero-order chi connectivity index (χ0) is 11.4. The fourth-order valence-corrected chi connectivity index (χ4v) is 2.12. The molecule has 0 bridgehead atoms. The Bertz CT molecular complexity index is 351. The molecule has 1 heterocycles. The van der Waals surface area contributed by atoms with Gasteiger partial charge in [-0.05, 0) is 17.7 Å². The molecular formula is C12H17ClN2O. The van der Waals surface area contributed by atoms with Crippen molar-refractivity contribution in [1.29, 1.82) is 0 Å². The summed E-state index contributed by atoms with van der Waals surface area (Å²) >= 11 is 6.21. The number of halogens is 1. The van der Waals surface area contributed by atoms with Gasteiger partial charge in [-0.3, -0.25) is 4.90 Å². The summed E-state index contributed by atoms with van der Waals surface area (Å²) in [6.07, 6.45) is 0. The molecule has 16 heavy (non-hydrogen) atoms. The number of benzene rings is 1. The number of nitrogens with one attached hydrogen (secondary N) is 1. The van der Waals surface area contributed by atoms with Gasteiger partial charge in [0.2, 0.25) is 0 Å². The normalized spacial score (nSPS) is 17.4. The lowest BCUT2D eigenvalue weighted by atomic mass is 10.2. The molecule has 1 aromatic carbocycles. The minimum Gasteiger partial charge on any atom is -0.497 e. The predicted octanol–water partition coefficient (Wildman–Crippen LogP) is 1.75. The van der Waals surface area contributed by atoms with E-state index in [-0.39, 0.29) is 0 Å². The molecule has 0 radical (unpaired) electrons. The fraction of sp³-hybridized carbons (Fsp3) is 0.500. The Labute approximate surface area is 101 Å². The van der Waals surface area contributed by atoms with Crippen molar-refractivity contribution in [2.45, 2.75) is 6.54 Å². The van der Waals surface area contributed by atoms with Gasteiger partial charge in [-0.2, -0.15) is 0 Å². The third kappa shape index (κ3) is 2.88. The maximum atomic E-state index is 6.21. The van der Waals surface area contributed by atoms with Gasteiger partial charge in [0.15, 0.2) is 0 Å². The number of ether oxygens (including phenoxy) is 1. The van der Waals surface area contributed by atoms with Gasteiger partial charge >= 0.3 is 0 Å². The molecular weight excluding hydrogens is 224 g/mol. The quantitative estimate of drug-likeness (QED) is 0.872. The maximum absolute atomic E-state index is 6.21. The predicted molar refractivity (Wildman–Crippen MR) is 66.2 cm³/mol. The Kier molecular flexibility index (Phi) is 4.04. The monoisotopic (exact) mass is 240 g/mol. The van der Waals surface area contributed by atoms with Crippen LogP contribution in [0.2, 0.25) is 5.02 Å². The van der Waals surface area contributed by atoms with Crippen LogP contribution in [0.25, 0.3) is 0 Å². The largest absolute Gasteiger partial charge is 0.497 e. The third-order valence-corrected chi connectivity index (χ3v) is 3.22. The van der Waals surface area contributed by atoms with Crippen LogP contribution in [0.15, 0.2) is 18.2 Å². The van der Waals surface area contributed by atoms with Crippen molar-refractivity contribution in [2.24, 2.45) is 0 Å². The Morgan fingerprint density at radius 3 is 2.75 bits per heavy atom. The van der Waals surface area contributed by atoms with Gasteiger partial charge in [0.25, 0.3) is 0 Å². The van der Waals surface area contributed by atoms with E-state index < -0.39 is 0 Å². The van der Waals surface area contributed by atoms with Crippen molar-refractivity contribution in [3.63, 3.8) is 0 Å². The van der Waals surface area contributed by atoms with E-state index >= 15 is 0 Å². The average Bonchev–Trinajstić information content (AvgIpc) is 2.33. The first-order valence-electron chi connectivity index (χ1n) is 5.55. The molecule has 1 N–H and O–H groups in total. The van der Waals surface area contributed by atoms with Gasteiger partial charge in [-0.15, -0.1) is 0 Å². The minimum atomic E-state index is 0.790. The van der Waals surface area contributed by atoms with Crippen molar-refractivity contribution in [3.05, 3.63) is 28.8 Å². The molecule has 0 aliphatic carbocycles. The lowest BCUT2D eigenvalue weighted by molar-refractivity contribution is 0.233. The smallest absolute Gasteiger partial charge is 0.120 e. The number of hydrogen-bond acceptors (Lipinski definition) is 3. The Morgan fingerprint density at radius 1 is 1.38 bits per heavy atom. The molecule has 0 aromatic heterocycles. The van der Waals surface area contributed by atoms with E-state index in [4.69, 9.17) is 16.3 Å². The molecule has 0 spiro atoms. The zero-order valence-electron chi connectivity index (χ0n) is 9.50. The van der Waals surface area contributed by atoms with E-state index in [0.717, 1.165) is 43.5 Å². The molecule has 2 rings (SSSR count). The summed E-state index contributed by atoms with van der Waals surface area (Å²) in [7, 11) is 1.65. The first-order chi connectivity index (χ1) is 7.79. The summed E-state index contributed by atoms with van der Waals surface area (Å²) < 4.78 is 5.13. The van der Waals surface area contributed by atoms with E-state index in [2.05, 4.69) is 10.2 Å². The molecule has 1 aromatic rings. The topological polar surface area (TPSA) is 24.5 Å². The van der Waals surface area contributed by atoms with Crippen molar-refractivity contribution < 1.29 is 4.74 Å². The van der Waals surface area contributed by atoms with Crippen LogP contribution in [0.3, 0.4) is 0 Å². The lowest BCUT2D eigenvalue weighted by Gasteiger charge is -2.27. The second-order valence-electron chi connectivity index (χ2n) is 3.98. The minimum absolute atomic E-state index is 0.790. The first kappa shape index (κ1) is 11.7. The van der Waals surface area contributed by atoms with Crippen LogP contribution in [0.5, 0.6) is 5.75 Å². The Morgan fingerprint density at radius 2 is 2.12 bits per heavy atom. The van der Waals surface area contributed by atoms with Crippen LogP contribution >= 0.6 is 11.6 Å². The van der Waals surface area contributed by atoms with Gasteiger partial charge in [0, 0.05) is 37.7 Å². The lowest BCUT2D eigenvalue weighted by Crippen LogP contribution is -2.42. The molecule has 1 aliphatic rings. The van der Waals surface area contributed by atoms with Crippen molar-refractivity contribution in [3.8, 4) is 5.75 Å². The zero-order valence-corrected chi connectivity index (χ0v) is 10.3. The highest BCUT2D eigenvalue weighted by Crippen LogP contribution is 2.23. The number of hydrogen-bond donors (Lipinski definition) is 1. The van der Waals surface area contributed by atoms with Gasteiger partial charge in [-0.25, -0.2) is 0 Å². The van der Waals surface area contributed by atoms with Crippen LogP contribution < -0.4 is 10.1 Å². The molecule has 1 saturated heterocycles. The van der Waals surface area contributed by atoms with E-state index in [9.17, 15) is 0 Å². The standard InChI is InChI=1S/C12H17ClN2O/c1-16-11-3-2-10(12(13)8-11)9-15-6-4-14-5-7-15/h2-3,8,14H,4-7,9H2,1H3. The Balaban J connectivity index is 2.03. The van der Waals surface area contributed by atoms with Gasteiger partial charge < -0.3 is 10.1 Å². The second-order valence-corrected chi connectivity index (χ2v) is 4.39. The number of nitrogens with zero attached hydrogens (tertiary/aromatic N) is 1. The van der Waals surface area contributed by atoms with E-state index in [1.165, 1.54) is 5.56 Å². The van der Waals surface area contributed by atoms with Gasteiger partial charge in [0.1, 0.15) is 5.75 Å². The first-order valence-corrected chi connectivity index (χ1v) is 5.93. The molecule has 4 heteroatoms. The van der Waals surface area contributed by atoms with Crippen LogP contribution in [0.4, 0.5) is 0 Å². The Hall–Kier alpha value is -0.770. The van der Waals surface area contributed by atoms with E-state index in [1.54, 1.807) is 7.11 Å². The van der Waals surface area contributed by atoms with Crippen LogP contribution in [0.1, 0.15) is 5.56 Å².